The summed E-state index contributed by atoms with van der Waals surface area (Å²) in [6, 6.07) is 7.11. The van der Waals surface area contributed by atoms with Gasteiger partial charge >= 0.3 is 5.97 Å². The number of nitrogens with zero attached hydrogens (tertiary/aromatic N) is 2. The summed E-state index contributed by atoms with van der Waals surface area (Å²) in [6.45, 7) is 1.11. The van der Waals surface area contributed by atoms with Gasteiger partial charge in [0.05, 0.1) is 10.6 Å². The van der Waals surface area contributed by atoms with Crippen LogP contribution in [0.25, 0.3) is 0 Å². The highest BCUT2D eigenvalue weighted by atomic mass is 32.2. The molecule has 0 bridgehead atoms. The highest BCUT2D eigenvalue weighted by Gasteiger charge is 2.37. The summed E-state index contributed by atoms with van der Waals surface area (Å²) in [5.74, 6) is -2.11. The predicted octanol–water partition coefficient (Wildman–Crippen LogP) is 2.40. The SMILES string of the molecule is CC(C(=O)O)N(c1ccc(F)cc1)S(=O)(=O)c1ccccc1[N+](=O)[O-]. The molecule has 1 unspecified atom stereocenters. The third kappa shape index (κ3) is 3.58. The van der Waals surface area contributed by atoms with E-state index in [1.165, 1.54) is 12.1 Å². The van der Waals surface area contributed by atoms with Crippen molar-refractivity contribution in [2.75, 3.05) is 4.31 Å². The molecule has 0 saturated heterocycles. The lowest BCUT2D eigenvalue weighted by Gasteiger charge is -2.27. The summed E-state index contributed by atoms with van der Waals surface area (Å²) in [6.07, 6.45) is 0. The molecule has 2 rings (SSSR count). The van der Waals surface area contributed by atoms with Crippen LogP contribution in [-0.2, 0) is 14.8 Å². The first-order valence-corrected chi connectivity index (χ1v) is 8.36. The van der Waals surface area contributed by atoms with Gasteiger partial charge in [-0.1, -0.05) is 12.1 Å². The number of hydrogen-bond donors (Lipinski definition) is 1. The van der Waals surface area contributed by atoms with E-state index in [0.717, 1.165) is 43.3 Å². The number of hydrogen-bond acceptors (Lipinski definition) is 5. The monoisotopic (exact) mass is 368 g/mol. The number of carbonyl (C=O) groups is 1. The van der Waals surface area contributed by atoms with E-state index < -0.39 is 43.4 Å². The molecular formula is C15H13FN2O6S. The quantitative estimate of drug-likeness (QED) is 0.618. The lowest BCUT2D eigenvalue weighted by molar-refractivity contribution is -0.387. The van der Waals surface area contributed by atoms with E-state index in [9.17, 15) is 32.8 Å². The third-order valence-electron chi connectivity index (χ3n) is 3.39. The van der Waals surface area contributed by atoms with Gasteiger partial charge in [0.1, 0.15) is 11.9 Å². The Labute approximate surface area is 142 Å². The van der Waals surface area contributed by atoms with Gasteiger partial charge in [-0.25, -0.2) is 17.6 Å². The predicted molar refractivity (Wildman–Crippen MR) is 86.3 cm³/mol. The first-order valence-electron chi connectivity index (χ1n) is 6.92. The molecule has 2 aromatic carbocycles. The zero-order valence-electron chi connectivity index (χ0n) is 12.9. The molecule has 0 spiro atoms. The molecule has 0 aliphatic rings. The number of aliphatic carboxylic acids is 1. The van der Waals surface area contributed by atoms with Crippen LogP contribution in [0.4, 0.5) is 15.8 Å². The normalized spacial score (nSPS) is 12.4. The van der Waals surface area contributed by atoms with Gasteiger partial charge in [0.15, 0.2) is 4.90 Å². The van der Waals surface area contributed by atoms with Crippen LogP contribution < -0.4 is 4.31 Å². The molecule has 0 fully saturated rings. The first kappa shape index (κ1) is 18.3. The molecule has 10 heteroatoms. The highest BCUT2D eigenvalue weighted by molar-refractivity contribution is 7.93. The Balaban J connectivity index is 2.70. The summed E-state index contributed by atoms with van der Waals surface area (Å²) in [5.41, 5.74) is -0.818. The van der Waals surface area contributed by atoms with Gasteiger partial charge in [0, 0.05) is 6.07 Å². The van der Waals surface area contributed by atoms with Crippen LogP contribution in [0.3, 0.4) is 0 Å². The Morgan fingerprint density at radius 1 is 1.20 bits per heavy atom. The molecule has 25 heavy (non-hydrogen) atoms. The number of rotatable bonds is 6. The summed E-state index contributed by atoms with van der Waals surface area (Å²) in [4.78, 5) is 21.0. The molecule has 0 heterocycles. The van der Waals surface area contributed by atoms with E-state index in [4.69, 9.17) is 0 Å². The van der Waals surface area contributed by atoms with Crippen molar-refractivity contribution in [2.45, 2.75) is 17.9 Å². The first-order chi connectivity index (χ1) is 11.7. The number of benzene rings is 2. The smallest absolute Gasteiger partial charge is 0.327 e. The van der Waals surface area contributed by atoms with Crippen LogP contribution >= 0.6 is 0 Å². The van der Waals surface area contributed by atoms with Crippen molar-refractivity contribution in [3.05, 3.63) is 64.5 Å². The Morgan fingerprint density at radius 3 is 2.28 bits per heavy atom. The summed E-state index contributed by atoms with van der Waals surface area (Å²) in [7, 11) is -4.60. The minimum absolute atomic E-state index is 0.130. The van der Waals surface area contributed by atoms with Crippen LogP contribution in [0.2, 0.25) is 0 Å². The van der Waals surface area contributed by atoms with Gasteiger partial charge in [0.25, 0.3) is 15.7 Å². The fourth-order valence-electron chi connectivity index (χ4n) is 2.19. The molecule has 0 amide bonds. The number of nitro groups is 1. The lowest BCUT2D eigenvalue weighted by Crippen LogP contribution is -2.43. The van der Waals surface area contributed by atoms with Crippen molar-refractivity contribution < 1.29 is 27.6 Å². The van der Waals surface area contributed by atoms with Crippen LogP contribution in [0, 0.1) is 15.9 Å². The molecular weight excluding hydrogens is 355 g/mol. The van der Waals surface area contributed by atoms with Crippen molar-refractivity contribution >= 4 is 27.4 Å². The van der Waals surface area contributed by atoms with Gasteiger partial charge in [-0.05, 0) is 37.3 Å². The van der Waals surface area contributed by atoms with Gasteiger partial charge in [0.2, 0.25) is 0 Å². The van der Waals surface area contributed by atoms with Crippen molar-refractivity contribution in [3.63, 3.8) is 0 Å². The third-order valence-corrected chi connectivity index (χ3v) is 5.34. The minimum atomic E-state index is -4.60. The number of carboxylic acids is 1. The second-order valence-corrected chi connectivity index (χ2v) is 6.80. The maximum atomic E-state index is 13.1. The maximum Gasteiger partial charge on any atom is 0.327 e. The topological polar surface area (TPSA) is 118 Å². The molecule has 8 nitrogen and oxygen atoms in total. The standard InChI is InChI=1S/C15H13FN2O6S/c1-10(15(19)20)17(12-8-6-11(16)7-9-12)25(23,24)14-5-3-2-4-13(14)18(21)22/h2-10H,1H3,(H,19,20). The zero-order chi connectivity index (χ0) is 18.8. The number of anilines is 1. The number of carboxylic acid groups (broad SMARTS) is 1. The number of halogens is 1. The van der Waals surface area contributed by atoms with Gasteiger partial charge in [-0.2, -0.15) is 0 Å². The summed E-state index contributed by atoms with van der Waals surface area (Å²) < 4.78 is 39.5. The van der Waals surface area contributed by atoms with Crippen LogP contribution in [-0.4, -0.2) is 30.5 Å². The molecule has 2 aromatic rings. The summed E-state index contributed by atoms with van der Waals surface area (Å²) in [5, 5.41) is 20.4. The van der Waals surface area contributed by atoms with Crippen molar-refractivity contribution in [3.8, 4) is 0 Å². The van der Waals surface area contributed by atoms with Crippen molar-refractivity contribution in [1.29, 1.82) is 0 Å². The molecule has 0 aromatic heterocycles. The lowest BCUT2D eigenvalue weighted by atomic mass is 10.2. The fraction of sp³-hybridized carbons (Fsp3) is 0.133. The second-order valence-electron chi connectivity index (χ2n) is 5.02. The average Bonchev–Trinajstić information content (AvgIpc) is 2.56. The van der Waals surface area contributed by atoms with Gasteiger partial charge in [-0.3, -0.25) is 14.4 Å². The molecule has 0 aliphatic carbocycles. The Hall–Kier alpha value is -3.01. The van der Waals surface area contributed by atoms with Crippen molar-refractivity contribution in [2.24, 2.45) is 0 Å². The Kier molecular flexibility index (Phi) is 5.02. The molecule has 0 saturated carbocycles. The van der Waals surface area contributed by atoms with E-state index in [-0.39, 0.29) is 5.69 Å². The molecule has 0 aliphatic heterocycles. The van der Waals surface area contributed by atoms with Gasteiger partial charge in [-0.15, -0.1) is 0 Å². The largest absolute Gasteiger partial charge is 0.480 e. The second kappa shape index (κ2) is 6.85. The average molecular weight is 368 g/mol. The van der Waals surface area contributed by atoms with E-state index in [1.807, 2.05) is 0 Å². The van der Waals surface area contributed by atoms with Crippen LogP contribution in [0.15, 0.2) is 53.4 Å². The van der Waals surface area contributed by atoms with Crippen molar-refractivity contribution in [1.82, 2.24) is 0 Å². The van der Waals surface area contributed by atoms with Gasteiger partial charge < -0.3 is 5.11 Å². The molecule has 1 atom stereocenters. The van der Waals surface area contributed by atoms with E-state index in [2.05, 4.69) is 0 Å². The highest BCUT2D eigenvalue weighted by Crippen LogP contribution is 2.31. The minimum Gasteiger partial charge on any atom is -0.480 e. The maximum absolute atomic E-state index is 13.1. The Bertz CT molecular complexity index is 914. The van der Waals surface area contributed by atoms with E-state index in [1.54, 1.807) is 0 Å². The Morgan fingerprint density at radius 2 is 1.76 bits per heavy atom. The fourth-order valence-corrected chi connectivity index (χ4v) is 3.97. The zero-order valence-corrected chi connectivity index (χ0v) is 13.7. The van der Waals surface area contributed by atoms with E-state index >= 15 is 0 Å². The number of sulfonamides is 1. The summed E-state index contributed by atoms with van der Waals surface area (Å²) >= 11 is 0. The molecule has 132 valence electrons. The number of nitro benzene ring substituents is 1. The molecule has 1 N–H and O–H groups in total. The van der Waals surface area contributed by atoms with Crippen LogP contribution in [0.1, 0.15) is 6.92 Å². The van der Waals surface area contributed by atoms with E-state index in [0.29, 0.717) is 4.31 Å². The van der Waals surface area contributed by atoms with Crippen LogP contribution in [0.5, 0.6) is 0 Å². The molecule has 0 radical (unpaired) electrons. The number of para-hydroxylation sites is 1.